The molecule has 23 heavy (non-hydrogen) atoms. The van der Waals surface area contributed by atoms with Crippen molar-refractivity contribution in [2.24, 2.45) is 4.99 Å². The number of aryl methyl sites for hydroxylation is 2. The minimum Gasteiger partial charge on any atom is -0.357 e. The highest BCUT2D eigenvalue weighted by Crippen LogP contribution is 2.29. The highest BCUT2D eigenvalue weighted by molar-refractivity contribution is 7.11. The molecule has 0 spiro atoms. The number of rotatable bonds is 5. The van der Waals surface area contributed by atoms with Crippen molar-refractivity contribution >= 4 is 17.3 Å². The van der Waals surface area contributed by atoms with Crippen molar-refractivity contribution in [2.75, 3.05) is 19.6 Å². The fourth-order valence-electron chi connectivity index (χ4n) is 3.12. The average molecular weight is 336 g/mol. The smallest absolute Gasteiger partial charge is 0.191 e. The zero-order valence-electron chi connectivity index (χ0n) is 14.6. The van der Waals surface area contributed by atoms with Gasteiger partial charge in [0.05, 0.1) is 12.2 Å². The lowest BCUT2D eigenvalue weighted by Gasteiger charge is -2.33. The van der Waals surface area contributed by atoms with Crippen LogP contribution in [0.4, 0.5) is 0 Å². The molecule has 0 amide bonds. The van der Waals surface area contributed by atoms with Crippen LogP contribution in [0.15, 0.2) is 4.99 Å². The van der Waals surface area contributed by atoms with E-state index in [4.69, 9.17) is 4.99 Å². The Bertz CT molecular complexity index is 522. The van der Waals surface area contributed by atoms with Gasteiger partial charge in [0.2, 0.25) is 0 Å². The van der Waals surface area contributed by atoms with E-state index in [0.717, 1.165) is 29.2 Å². The quantitative estimate of drug-likeness (QED) is 0.641. The Morgan fingerprint density at radius 1 is 1.26 bits per heavy atom. The molecule has 3 rings (SSSR count). The number of thiazole rings is 1. The molecule has 2 aliphatic rings. The summed E-state index contributed by atoms with van der Waals surface area (Å²) < 4.78 is 0. The van der Waals surface area contributed by atoms with E-state index >= 15 is 0 Å². The second kappa shape index (κ2) is 7.62. The number of aliphatic imine (C=N–C) groups is 1. The molecule has 0 radical (unpaired) electrons. The van der Waals surface area contributed by atoms with Crippen LogP contribution in [0.25, 0.3) is 0 Å². The molecule has 1 aliphatic heterocycles. The van der Waals surface area contributed by atoms with Gasteiger partial charge in [0.1, 0.15) is 5.01 Å². The van der Waals surface area contributed by atoms with E-state index in [9.17, 15) is 0 Å². The predicted molar refractivity (Wildman–Crippen MR) is 97.2 cm³/mol. The fraction of sp³-hybridized carbons (Fsp3) is 0.765. The maximum absolute atomic E-state index is 4.73. The van der Waals surface area contributed by atoms with Gasteiger partial charge in [-0.1, -0.05) is 0 Å². The number of likely N-dealkylation sites (tertiary alicyclic amines) is 1. The van der Waals surface area contributed by atoms with Crippen LogP contribution >= 0.6 is 11.3 Å². The highest BCUT2D eigenvalue weighted by Gasteiger charge is 2.31. The summed E-state index contributed by atoms with van der Waals surface area (Å²) in [6.07, 6.45) is 5.26. The zero-order valence-corrected chi connectivity index (χ0v) is 15.4. The van der Waals surface area contributed by atoms with Crippen molar-refractivity contribution < 1.29 is 0 Å². The SMILES string of the molecule is CCNC(=NCc1nc(C)c(C)s1)NC1CCN(C2CC2)CC1. The molecule has 0 unspecified atom stereocenters. The zero-order chi connectivity index (χ0) is 16.2. The number of guanidine groups is 1. The number of aromatic nitrogens is 1. The molecule has 1 aliphatic carbocycles. The Kier molecular flexibility index (Phi) is 5.54. The average Bonchev–Trinajstić information content (AvgIpc) is 3.33. The number of nitrogens with zero attached hydrogens (tertiary/aromatic N) is 3. The van der Waals surface area contributed by atoms with Gasteiger partial charge in [-0.2, -0.15) is 0 Å². The van der Waals surface area contributed by atoms with Crippen LogP contribution in [0.1, 0.15) is 48.2 Å². The molecule has 2 heterocycles. The van der Waals surface area contributed by atoms with Gasteiger partial charge in [0.15, 0.2) is 5.96 Å². The highest BCUT2D eigenvalue weighted by atomic mass is 32.1. The van der Waals surface area contributed by atoms with E-state index in [-0.39, 0.29) is 0 Å². The van der Waals surface area contributed by atoms with Gasteiger partial charge in [-0.25, -0.2) is 9.98 Å². The topological polar surface area (TPSA) is 52.6 Å². The van der Waals surface area contributed by atoms with Crippen LogP contribution in [0, 0.1) is 13.8 Å². The number of piperidine rings is 1. The Morgan fingerprint density at radius 2 is 2.00 bits per heavy atom. The van der Waals surface area contributed by atoms with E-state index in [1.54, 1.807) is 11.3 Å². The van der Waals surface area contributed by atoms with Gasteiger partial charge >= 0.3 is 0 Å². The summed E-state index contributed by atoms with van der Waals surface area (Å²) in [5, 5.41) is 8.09. The first-order chi connectivity index (χ1) is 11.2. The third kappa shape index (κ3) is 4.67. The molecule has 1 aromatic heterocycles. The first-order valence-electron chi connectivity index (χ1n) is 8.87. The molecule has 2 fully saturated rings. The second-order valence-corrected chi connectivity index (χ2v) is 7.92. The number of nitrogens with one attached hydrogen (secondary N) is 2. The summed E-state index contributed by atoms with van der Waals surface area (Å²) in [7, 11) is 0. The van der Waals surface area contributed by atoms with Crippen LogP contribution in [0.5, 0.6) is 0 Å². The molecule has 1 saturated heterocycles. The molecular formula is C17H29N5S. The summed E-state index contributed by atoms with van der Waals surface area (Å²) in [4.78, 5) is 13.3. The first kappa shape index (κ1) is 16.7. The lowest BCUT2D eigenvalue weighted by atomic mass is 10.1. The van der Waals surface area contributed by atoms with Gasteiger partial charge < -0.3 is 15.5 Å². The maximum atomic E-state index is 4.73. The fourth-order valence-corrected chi connectivity index (χ4v) is 3.97. The standard InChI is InChI=1S/C17H29N5S/c1-4-18-17(19-11-16-20-12(2)13(3)23-16)21-14-7-9-22(10-8-14)15-5-6-15/h14-15H,4-11H2,1-3H3,(H2,18,19,21). The van der Waals surface area contributed by atoms with E-state index in [1.165, 1.54) is 43.6 Å². The van der Waals surface area contributed by atoms with Crippen molar-refractivity contribution in [3.8, 4) is 0 Å². The molecule has 0 atom stereocenters. The molecule has 0 aromatic carbocycles. The third-order valence-electron chi connectivity index (χ3n) is 4.72. The van der Waals surface area contributed by atoms with Gasteiger partial charge in [-0.05, 0) is 46.5 Å². The number of hydrogen-bond donors (Lipinski definition) is 2. The molecule has 5 nitrogen and oxygen atoms in total. The lowest BCUT2D eigenvalue weighted by molar-refractivity contribution is 0.197. The Labute approximate surface area is 143 Å². The van der Waals surface area contributed by atoms with Crippen LogP contribution in [0.3, 0.4) is 0 Å². The largest absolute Gasteiger partial charge is 0.357 e. The molecule has 1 aromatic rings. The van der Waals surface area contributed by atoms with Crippen molar-refractivity contribution in [1.29, 1.82) is 0 Å². The summed E-state index contributed by atoms with van der Waals surface area (Å²) in [5.41, 5.74) is 1.13. The predicted octanol–water partition coefficient (Wildman–Crippen LogP) is 2.44. The summed E-state index contributed by atoms with van der Waals surface area (Å²) in [6.45, 7) is 10.3. The lowest BCUT2D eigenvalue weighted by Crippen LogP contribution is -2.49. The molecule has 2 N–H and O–H groups in total. The minimum atomic E-state index is 0.544. The van der Waals surface area contributed by atoms with E-state index in [0.29, 0.717) is 12.6 Å². The Hall–Kier alpha value is -1.14. The molecule has 0 bridgehead atoms. The normalized spacial score (nSPS) is 20.7. The monoisotopic (exact) mass is 335 g/mol. The van der Waals surface area contributed by atoms with E-state index in [2.05, 4.69) is 41.3 Å². The van der Waals surface area contributed by atoms with E-state index < -0.39 is 0 Å². The van der Waals surface area contributed by atoms with Crippen LogP contribution in [-0.4, -0.2) is 47.6 Å². The first-order valence-corrected chi connectivity index (χ1v) is 9.69. The van der Waals surface area contributed by atoms with Crippen molar-refractivity contribution in [3.05, 3.63) is 15.6 Å². The Balaban J connectivity index is 1.52. The van der Waals surface area contributed by atoms with Crippen molar-refractivity contribution in [2.45, 2.75) is 65.1 Å². The second-order valence-electron chi connectivity index (χ2n) is 6.63. The summed E-state index contributed by atoms with van der Waals surface area (Å²) in [5.74, 6) is 0.933. The van der Waals surface area contributed by atoms with Gasteiger partial charge in [0.25, 0.3) is 0 Å². The maximum Gasteiger partial charge on any atom is 0.191 e. The Morgan fingerprint density at radius 3 is 2.57 bits per heavy atom. The van der Waals surface area contributed by atoms with Crippen LogP contribution in [-0.2, 0) is 6.54 Å². The van der Waals surface area contributed by atoms with Gasteiger partial charge in [-0.3, -0.25) is 0 Å². The van der Waals surface area contributed by atoms with E-state index in [1.807, 2.05) is 0 Å². The van der Waals surface area contributed by atoms with Crippen molar-refractivity contribution in [3.63, 3.8) is 0 Å². The molecule has 1 saturated carbocycles. The number of hydrogen-bond acceptors (Lipinski definition) is 4. The minimum absolute atomic E-state index is 0.544. The van der Waals surface area contributed by atoms with Gasteiger partial charge in [0, 0.05) is 36.6 Å². The third-order valence-corrected chi connectivity index (χ3v) is 5.78. The van der Waals surface area contributed by atoms with Crippen molar-refractivity contribution in [1.82, 2.24) is 20.5 Å². The molecule has 128 valence electrons. The molecule has 6 heteroatoms. The summed E-state index contributed by atoms with van der Waals surface area (Å²) in [6, 6.07) is 1.44. The molecular weight excluding hydrogens is 306 g/mol. The van der Waals surface area contributed by atoms with Crippen LogP contribution in [0.2, 0.25) is 0 Å². The summed E-state index contributed by atoms with van der Waals surface area (Å²) >= 11 is 1.75. The van der Waals surface area contributed by atoms with Gasteiger partial charge in [-0.15, -0.1) is 11.3 Å². The van der Waals surface area contributed by atoms with Crippen LogP contribution < -0.4 is 10.6 Å².